The Hall–Kier alpha value is -2.34. The summed E-state index contributed by atoms with van der Waals surface area (Å²) in [6.45, 7) is 3.72. The second-order valence-electron chi connectivity index (χ2n) is 8.43. The van der Waals surface area contributed by atoms with Gasteiger partial charge in [-0.15, -0.1) is 0 Å². The SMILES string of the molecule is CC1(c2ccccc2)Oc2cc3c(cc2O1)[C@H]1C2C(=C[C@H](O)[C@H]1O)CCN2C3. The molecule has 28 heavy (non-hydrogen) atoms. The third-order valence-electron chi connectivity index (χ3n) is 6.75. The number of hydrogen-bond acceptors (Lipinski definition) is 5. The fourth-order valence-corrected chi connectivity index (χ4v) is 5.42. The number of benzene rings is 2. The molecular weight excluding hydrogens is 354 g/mol. The van der Waals surface area contributed by atoms with E-state index in [1.54, 1.807) is 0 Å². The van der Waals surface area contributed by atoms with Crippen LogP contribution >= 0.6 is 0 Å². The third kappa shape index (κ3) is 2.18. The molecule has 1 aliphatic carbocycles. The van der Waals surface area contributed by atoms with E-state index in [1.165, 1.54) is 5.57 Å². The van der Waals surface area contributed by atoms with Gasteiger partial charge in [-0.05, 0) is 29.7 Å². The second-order valence-corrected chi connectivity index (χ2v) is 8.43. The zero-order chi connectivity index (χ0) is 19.0. The molecule has 0 amide bonds. The molecule has 0 radical (unpaired) electrons. The molecule has 3 aliphatic heterocycles. The molecule has 4 aliphatic rings. The van der Waals surface area contributed by atoms with E-state index in [9.17, 15) is 10.2 Å². The van der Waals surface area contributed by atoms with E-state index in [4.69, 9.17) is 9.47 Å². The van der Waals surface area contributed by atoms with Crippen LogP contribution in [-0.2, 0) is 12.3 Å². The fraction of sp³-hybridized carbons (Fsp3) is 0.391. The van der Waals surface area contributed by atoms with Crippen LogP contribution in [0.5, 0.6) is 11.5 Å². The molecule has 0 bridgehead atoms. The van der Waals surface area contributed by atoms with Crippen LogP contribution in [0, 0.1) is 0 Å². The summed E-state index contributed by atoms with van der Waals surface area (Å²) in [5.74, 6) is 0.442. The Balaban J connectivity index is 1.44. The summed E-state index contributed by atoms with van der Waals surface area (Å²) in [6.07, 6.45) is 1.19. The lowest BCUT2D eigenvalue weighted by Gasteiger charge is -2.44. The Bertz CT molecular complexity index is 988. The highest BCUT2D eigenvalue weighted by molar-refractivity contribution is 5.54. The van der Waals surface area contributed by atoms with E-state index in [-0.39, 0.29) is 12.0 Å². The molecule has 2 aromatic rings. The van der Waals surface area contributed by atoms with E-state index in [0.29, 0.717) is 5.75 Å². The van der Waals surface area contributed by atoms with Crippen molar-refractivity contribution in [2.24, 2.45) is 0 Å². The van der Waals surface area contributed by atoms with Crippen molar-refractivity contribution in [3.63, 3.8) is 0 Å². The largest absolute Gasteiger partial charge is 0.445 e. The van der Waals surface area contributed by atoms with Gasteiger partial charge in [-0.1, -0.05) is 42.0 Å². The third-order valence-corrected chi connectivity index (χ3v) is 6.75. The van der Waals surface area contributed by atoms with Crippen LogP contribution in [0.1, 0.15) is 36.0 Å². The molecule has 2 aromatic carbocycles. The summed E-state index contributed by atoms with van der Waals surface area (Å²) < 4.78 is 12.5. The molecule has 0 aromatic heterocycles. The smallest absolute Gasteiger partial charge is 0.275 e. The number of aliphatic hydroxyl groups excluding tert-OH is 2. The molecule has 5 atom stereocenters. The lowest BCUT2D eigenvalue weighted by molar-refractivity contribution is -0.0680. The van der Waals surface area contributed by atoms with Gasteiger partial charge in [0.2, 0.25) is 0 Å². The van der Waals surface area contributed by atoms with Crippen LogP contribution in [0.2, 0.25) is 0 Å². The molecule has 0 saturated carbocycles. The van der Waals surface area contributed by atoms with Gasteiger partial charge in [0.15, 0.2) is 11.5 Å². The van der Waals surface area contributed by atoms with Crippen LogP contribution in [-0.4, -0.2) is 39.9 Å². The average molecular weight is 377 g/mol. The average Bonchev–Trinajstić information content (AvgIpc) is 3.24. The number of ether oxygens (including phenoxy) is 2. The maximum absolute atomic E-state index is 10.8. The zero-order valence-corrected chi connectivity index (χ0v) is 15.7. The molecule has 1 saturated heterocycles. The van der Waals surface area contributed by atoms with Crippen LogP contribution in [0.3, 0.4) is 0 Å². The van der Waals surface area contributed by atoms with Crippen molar-refractivity contribution >= 4 is 0 Å². The Morgan fingerprint density at radius 1 is 1.07 bits per heavy atom. The first-order valence-electron chi connectivity index (χ1n) is 9.95. The lowest BCUT2D eigenvalue weighted by atomic mass is 9.73. The van der Waals surface area contributed by atoms with Crippen LogP contribution in [0.25, 0.3) is 0 Å². The summed E-state index contributed by atoms with van der Waals surface area (Å²) >= 11 is 0. The topological polar surface area (TPSA) is 62.2 Å². The minimum absolute atomic E-state index is 0.140. The van der Waals surface area contributed by atoms with Gasteiger partial charge in [-0.2, -0.15) is 0 Å². The summed E-state index contributed by atoms with van der Waals surface area (Å²) in [5, 5.41) is 21.2. The summed E-state index contributed by atoms with van der Waals surface area (Å²) in [7, 11) is 0. The van der Waals surface area contributed by atoms with Gasteiger partial charge in [-0.25, -0.2) is 0 Å². The van der Waals surface area contributed by atoms with Crippen molar-refractivity contribution in [2.75, 3.05) is 6.54 Å². The van der Waals surface area contributed by atoms with Gasteiger partial charge < -0.3 is 19.7 Å². The summed E-state index contributed by atoms with van der Waals surface area (Å²) in [5.41, 5.74) is 4.43. The van der Waals surface area contributed by atoms with E-state index in [1.807, 2.05) is 49.4 Å². The number of hydrogen-bond donors (Lipinski definition) is 2. The van der Waals surface area contributed by atoms with Crippen molar-refractivity contribution in [2.45, 2.75) is 49.8 Å². The minimum atomic E-state index is -0.862. The number of nitrogens with zero attached hydrogens (tertiary/aromatic N) is 1. The fourth-order valence-electron chi connectivity index (χ4n) is 5.42. The number of rotatable bonds is 1. The van der Waals surface area contributed by atoms with E-state index in [2.05, 4.69) is 11.0 Å². The minimum Gasteiger partial charge on any atom is -0.445 e. The molecule has 2 unspecified atom stereocenters. The Labute approximate surface area is 163 Å². The Kier molecular flexibility index (Phi) is 3.32. The van der Waals surface area contributed by atoms with Crippen LogP contribution < -0.4 is 9.47 Å². The van der Waals surface area contributed by atoms with E-state index < -0.39 is 18.0 Å². The first-order valence-corrected chi connectivity index (χ1v) is 9.95. The normalized spacial score (nSPS) is 35.3. The Morgan fingerprint density at radius 2 is 1.82 bits per heavy atom. The van der Waals surface area contributed by atoms with Crippen molar-refractivity contribution < 1.29 is 19.7 Å². The van der Waals surface area contributed by atoms with Crippen LogP contribution in [0.15, 0.2) is 54.1 Å². The molecule has 6 rings (SSSR count). The first-order chi connectivity index (χ1) is 13.5. The van der Waals surface area contributed by atoms with Gasteiger partial charge >= 0.3 is 0 Å². The van der Waals surface area contributed by atoms with Gasteiger partial charge in [0.25, 0.3) is 5.79 Å². The molecular formula is C23H23NO4. The lowest BCUT2D eigenvalue weighted by Crippen LogP contribution is -2.49. The first kappa shape index (κ1) is 16.6. The molecule has 2 N–H and O–H groups in total. The zero-order valence-electron chi connectivity index (χ0n) is 15.7. The second kappa shape index (κ2) is 5.60. The predicted octanol–water partition coefficient (Wildman–Crippen LogP) is 2.66. The summed E-state index contributed by atoms with van der Waals surface area (Å²) in [4.78, 5) is 2.41. The predicted molar refractivity (Wildman–Crippen MR) is 103 cm³/mol. The molecule has 0 spiro atoms. The highest BCUT2D eigenvalue weighted by atomic mass is 16.7. The molecule has 5 heteroatoms. The van der Waals surface area contributed by atoms with Crippen molar-refractivity contribution in [3.05, 3.63) is 70.8 Å². The molecule has 3 heterocycles. The monoisotopic (exact) mass is 377 g/mol. The van der Waals surface area contributed by atoms with Gasteiger partial charge in [0, 0.05) is 37.5 Å². The van der Waals surface area contributed by atoms with Gasteiger partial charge in [0.05, 0.1) is 12.2 Å². The standard InChI is InChI=1S/C23H23NO4/c1-23(15-5-3-2-4-6-15)27-18-10-14-12-24-8-7-13-9-17(25)22(26)20(21(13)24)16(14)11-19(18)28-23/h2-6,9-11,17,20-22,25-26H,7-8,12H2,1H3/t17-,20-,21?,22+,23?/m0/s1. The maximum atomic E-state index is 10.8. The summed E-state index contributed by atoms with van der Waals surface area (Å²) in [6, 6.07) is 14.2. The maximum Gasteiger partial charge on any atom is 0.275 e. The van der Waals surface area contributed by atoms with Crippen molar-refractivity contribution in [3.8, 4) is 11.5 Å². The number of aliphatic hydroxyl groups is 2. The molecule has 1 fully saturated rings. The van der Waals surface area contributed by atoms with Crippen molar-refractivity contribution in [1.82, 2.24) is 4.90 Å². The van der Waals surface area contributed by atoms with E-state index in [0.717, 1.165) is 42.0 Å². The highest BCUT2D eigenvalue weighted by Gasteiger charge is 2.49. The van der Waals surface area contributed by atoms with Crippen LogP contribution in [0.4, 0.5) is 0 Å². The highest BCUT2D eigenvalue weighted by Crippen LogP contribution is 2.52. The quantitative estimate of drug-likeness (QED) is 0.749. The molecule has 144 valence electrons. The van der Waals surface area contributed by atoms with Gasteiger partial charge in [-0.3, -0.25) is 4.90 Å². The Morgan fingerprint density at radius 3 is 2.61 bits per heavy atom. The van der Waals surface area contributed by atoms with Crippen molar-refractivity contribution in [1.29, 1.82) is 0 Å². The van der Waals surface area contributed by atoms with Gasteiger partial charge in [0.1, 0.15) is 0 Å². The van der Waals surface area contributed by atoms with E-state index >= 15 is 0 Å². The molecule has 5 nitrogen and oxygen atoms in total. The number of fused-ring (bicyclic) bond motifs is 3.